The molecule has 1 fully saturated rings. The van der Waals surface area contributed by atoms with E-state index >= 15 is 0 Å². The van der Waals surface area contributed by atoms with E-state index in [1.807, 2.05) is 28.6 Å². The minimum atomic E-state index is -0.486. The molecule has 0 aliphatic carbocycles. The lowest BCUT2D eigenvalue weighted by molar-refractivity contribution is 0.0539. The molecule has 1 aromatic carbocycles. The van der Waals surface area contributed by atoms with E-state index in [2.05, 4.69) is 6.58 Å². The Kier molecular flexibility index (Phi) is 3.16. The Labute approximate surface area is 109 Å². The summed E-state index contributed by atoms with van der Waals surface area (Å²) in [6.45, 7) is 9.97. The van der Waals surface area contributed by atoms with Crippen LogP contribution < -0.4 is 0 Å². The minimum Gasteiger partial charge on any atom is -0.407 e. The summed E-state index contributed by atoms with van der Waals surface area (Å²) in [6.07, 6.45) is 0. The van der Waals surface area contributed by atoms with Gasteiger partial charge in [-0.15, -0.1) is 0 Å². The maximum Gasteiger partial charge on any atom is 0.494 e. The van der Waals surface area contributed by atoms with Crippen molar-refractivity contribution in [1.82, 2.24) is 0 Å². The van der Waals surface area contributed by atoms with Crippen LogP contribution in [0.2, 0.25) is 0 Å². The van der Waals surface area contributed by atoms with E-state index in [0.29, 0.717) is 5.47 Å². The van der Waals surface area contributed by atoms with Gasteiger partial charge in [-0.3, -0.25) is 0 Å². The summed E-state index contributed by atoms with van der Waals surface area (Å²) < 4.78 is 24.7. The molecule has 0 N–H and O–H groups in total. The highest BCUT2D eigenvalue weighted by Gasteiger charge is 2.51. The second-order valence-electron chi connectivity index (χ2n) is 5.62. The van der Waals surface area contributed by atoms with Crippen LogP contribution in [0, 0.1) is 5.82 Å². The van der Waals surface area contributed by atoms with Crippen LogP contribution in [-0.2, 0) is 9.31 Å². The standard InChI is InChI=1S/C13H17B2FO2/c1-9(10-5-7-11(16)8-6-10)15-17-12(2,3)13(4,14)18-15/h5-8H,1,14H2,2-4H3. The van der Waals surface area contributed by atoms with Crippen LogP contribution in [0.5, 0.6) is 0 Å². The molecule has 1 saturated heterocycles. The summed E-state index contributed by atoms with van der Waals surface area (Å²) in [5.41, 5.74) is 0.768. The van der Waals surface area contributed by atoms with Crippen molar-refractivity contribution in [2.45, 2.75) is 31.9 Å². The van der Waals surface area contributed by atoms with E-state index in [4.69, 9.17) is 9.31 Å². The molecule has 1 heterocycles. The summed E-state index contributed by atoms with van der Waals surface area (Å²) in [5, 5.41) is 0. The van der Waals surface area contributed by atoms with Gasteiger partial charge in [0.1, 0.15) is 13.7 Å². The van der Waals surface area contributed by atoms with Crippen LogP contribution >= 0.6 is 0 Å². The number of benzene rings is 1. The van der Waals surface area contributed by atoms with E-state index in [1.54, 1.807) is 12.1 Å². The minimum absolute atomic E-state index is 0.263. The molecule has 18 heavy (non-hydrogen) atoms. The molecule has 2 rings (SSSR count). The Hall–Kier alpha value is -1.06. The monoisotopic (exact) mass is 246 g/mol. The van der Waals surface area contributed by atoms with E-state index < -0.39 is 7.12 Å². The van der Waals surface area contributed by atoms with Gasteiger partial charge >= 0.3 is 7.12 Å². The van der Waals surface area contributed by atoms with Gasteiger partial charge < -0.3 is 9.31 Å². The maximum atomic E-state index is 12.9. The predicted molar refractivity (Wildman–Crippen MR) is 74.4 cm³/mol. The second-order valence-corrected chi connectivity index (χ2v) is 5.62. The quantitative estimate of drug-likeness (QED) is 0.743. The Morgan fingerprint density at radius 3 is 2.22 bits per heavy atom. The maximum absolute atomic E-state index is 12.9. The lowest BCUT2D eigenvalue weighted by atomic mass is 9.71. The normalized spacial score (nSPS) is 26.3. The van der Waals surface area contributed by atoms with Crippen molar-refractivity contribution < 1.29 is 13.7 Å². The Bertz CT molecular complexity index is 452. The van der Waals surface area contributed by atoms with Crippen LogP contribution in [0.15, 0.2) is 30.8 Å². The van der Waals surface area contributed by atoms with Crippen LogP contribution in [0.25, 0.3) is 5.47 Å². The second kappa shape index (κ2) is 4.25. The molecule has 1 aliphatic heterocycles. The third kappa shape index (κ3) is 2.25. The number of halogens is 1. The molecule has 0 amide bonds. The molecule has 0 radical (unpaired) electrons. The molecule has 0 bridgehead atoms. The fraction of sp³-hybridized carbons (Fsp3) is 0.385. The average molecular weight is 246 g/mol. The lowest BCUT2D eigenvalue weighted by Crippen LogP contribution is -2.45. The first kappa shape index (κ1) is 13.4. The van der Waals surface area contributed by atoms with Gasteiger partial charge in [0.15, 0.2) is 0 Å². The number of rotatable bonds is 2. The lowest BCUT2D eigenvalue weighted by Gasteiger charge is -2.32. The zero-order valence-electron chi connectivity index (χ0n) is 11.3. The molecule has 0 aromatic heterocycles. The molecule has 1 atom stereocenters. The van der Waals surface area contributed by atoms with Crippen LogP contribution in [-0.4, -0.2) is 26.1 Å². The van der Waals surface area contributed by atoms with E-state index in [0.717, 1.165) is 5.56 Å². The first-order chi connectivity index (χ1) is 8.23. The predicted octanol–water partition coefficient (Wildman–Crippen LogP) is 2.04. The zero-order valence-corrected chi connectivity index (χ0v) is 11.3. The van der Waals surface area contributed by atoms with Crippen LogP contribution in [0.1, 0.15) is 26.3 Å². The summed E-state index contributed by atoms with van der Waals surface area (Å²) in [4.78, 5) is 0. The highest BCUT2D eigenvalue weighted by atomic mass is 19.1. The van der Waals surface area contributed by atoms with Crippen molar-refractivity contribution in [2.75, 3.05) is 0 Å². The van der Waals surface area contributed by atoms with Gasteiger partial charge in [0.05, 0.1) is 5.60 Å². The van der Waals surface area contributed by atoms with Gasteiger partial charge in [0.2, 0.25) is 0 Å². The van der Waals surface area contributed by atoms with Crippen molar-refractivity contribution in [2.24, 2.45) is 0 Å². The largest absolute Gasteiger partial charge is 0.494 e. The van der Waals surface area contributed by atoms with Gasteiger partial charge in [0.25, 0.3) is 0 Å². The highest BCUT2D eigenvalue weighted by Crippen LogP contribution is 2.38. The van der Waals surface area contributed by atoms with Crippen molar-refractivity contribution in [1.29, 1.82) is 0 Å². The van der Waals surface area contributed by atoms with Gasteiger partial charge in [0, 0.05) is 5.50 Å². The Morgan fingerprint density at radius 1 is 1.22 bits per heavy atom. The van der Waals surface area contributed by atoms with Crippen molar-refractivity contribution in [3.63, 3.8) is 0 Å². The summed E-state index contributed by atoms with van der Waals surface area (Å²) in [6, 6.07) is 6.18. The van der Waals surface area contributed by atoms with Crippen molar-refractivity contribution >= 4 is 20.4 Å². The molecular weight excluding hydrogens is 229 g/mol. The van der Waals surface area contributed by atoms with Crippen molar-refractivity contribution in [3.8, 4) is 0 Å². The van der Waals surface area contributed by atoms with E-state index in [-0.39, 0.29) is 16.9 Å². The van der Waals surface area contributed by atoms with Gasteiger partial charge in [-0.05, 0) is 43.9 Å². The molecule has 0 spiro atoms. The summed E-state index contributed by atoms with van der Waals surface area (Å²) in [7, 11) is 1.51. The van der Waals surface area contributed by atoms with Gasteiger partial charge in [-0.25, -0.2) is 4.39 Å². The van der Waals surface area contributed by atoms with Crippen LogP contribution in [0.3, 0.4) is 0 Å². The SMILES string of the molecule is BC1(C)OB(C(=C)c2ccc(F)cc2)OC1(C)C. The first-order valence-electron chi connectivity index (χ1n) is 6.03. The fourth-order valence-electron chi connectivity index (χ4n) is 1.79. The summed E-state index contributed by atoms with van der Waals surface area (Å²) >= 11 is 0. The molecule has 5 heteroatoms. The van der Waals surface area contributed by atoms with Crippen LogP contribution in [0.4, 0.5) is 4.39 Å². The molecule has 0 saturated carbocycles. The Balaban J connectivity index is 2.20. The smallest absolute Gasteiger partial charge is 0.407 e. The molecule has 1 aromatic rings. The van der Waals surface area contributed by atoms with E-state index in [1.165, 1.54) is 12.1 Å². The zero-order chi connectivity index (χ0) is 13.6. The highest BCUT2D eigenvalue weighted by molar-refractivity contribution is 6.69. The molecule has 1 aliphatic rings. The average Bonchev–Trinajstić information content (AvgIpc) is 2.48. The topological polar surface area (TPSA) is 18.5 Å². The number of hydrogen-bond donors (Lipinski definition) is 0. The fourth-order valence-corrected chi connectivity index (χ4v) is 1.79. The first-order valence-corrected chi connectivity index (χ1v) is 6.03. The van der Waals surface area contributed by atoms with Gasteiger partial charge in [-0.1, -0.05) is 18.7 Å². The summed E-state index contributed by atoms with van der Waals surface area (Å²) in [5.74, 6) is -0.263. The van der Waals surface area contributed by atoms with Gasteiger partial charge in [-0.2, -0.15) is 0 Å². The van der Waals surface area contributed by atoms with Crippen molar-refractivity contribution in [3.05, 3.63) is 42.2 Å². The Morgan fingerprint density at radius 2 is 1.78 bits per heavy atom. The van der Waals surface area contributed by atoms with E-state index in [9.17, 15) is 4.39 Å². The third-order valence-corrected chi connectivity index (χ3v) is 3.75. The molecule has 1 unspecified atom stereocenters. The molecule has 2 nitrogen and oxygen atoms in total. The molecule has 94 valence electrons. The number of hydrogen-bond acceptors (Lipinski definition) is 2. The third-order valence-electron chi connectivity index (χ3n) is 3.75. The molecular formula is C13H17B2FO2.